The van der Waals surface area contributed by atoms with E-state index in [0.29, 0.717) is 10.4 Å². The molecule has 0 amide bonds. The van der Waals surface area contributed by atoms with Crippen molar-refractivity contribution in [3.8, 4) is 0 Å². The van der Waals surface area contributed by atoms with Crippen LogP contribution < -0.4 is 10.4 Å². The Morgan fingerprint density at radius 1 is 0.739 bits per heavy atom. The highest BCUT2D eigenvalue weighted by molar-refractivity contribution is 7.37. The van der Waals surface area contributed by atoms with Crippen LogP contribution in [0, 0.1) is 0 Å². The molecule has 5 heteroatoms. The average Bonchev–Trinajstić information content (AvgIpc) is 2.58. The Labute approximate surface area is 137 Å². The second-order valence-corrected chi connectivity index (χ2v) is 8.39. The summed E-state index contributed by atoms with van der Waals surface area (Å²) in [6.45, 7) is 3.90. The summed E-state index contributed by atoms with van der Waals surface area (Å²) in [5, 5.41) is 1.34. The van der Waals surface area contributed by atoms with E-state index in [2.05, 4.69) is 0 Å². The molecule has 4 nitrogen and oxygen atoms in total. The molecule has 0 radical (unpaired) electrons. The molecular formula is C18H20O4Si. The molecule has 0 aliphatic rings. The van der Waals surface area contributed by atoms with E-state index in [-0.39, 0.29) is 13.2 Å². The number of rotatable bonds is 6. The second kappa shape index (κ2) is 7.74. The van der Waals surface area contributed by atoms with Crippen LogP contribution in [0.25, 0.3) is 0 Å². The smallest absolute Gasteiger partial charge is 0.370 e. The van der Waals surface area contributed by atoms with Crippen LogP contribution in [0.2, 0.25) is 0 Å². The summed E-state index contributed by atoms with van der Waals surface area (Å²) >= 11 is 0. The second-order valence-electron chi connectivity index (χ2n) is 4.92. The molecule has 120 valence electrons. The molecule has 0 saturated carbocycles. The minimum absolute atomic E-state index is 0.215. The minimum Gasteiger partial charge on any atom is -0.469 e. The number of hydrogen-bond acceptors (Lipinski definition) is 4. The van der Waals surface area contributed by atoms with Gasteiger partial charge in [-0.05, 0) is 24.2 Å². The van der Waals surface area contributed by atoms with Gasteiger partial charge in [-0.15, -0.1) is 0 Å². The molecule has 0 fully saturated rings. The van der Waals surface area contributed by atoms with Gasteiger partial charge < -0.3 is 9.47 Å². The van der Waals surface area contributed by atoms with E-state index in [1.807, 2.05) is 36.4 Å². The molecule has 23 heavy (non-hydrogen) atoms. The highest BCUT2D eigenvalue weighted by Gasteiger charge is 2.56. The predicted molar refractivity (Wildman–Crippen MR) is 92.0 cm³/mol. The number of carbonyl (C=O) groups is 2. The highest BCUT2D eigenvalue weighted by Crippen LogP contribution is 2.13. The monoisotopic (exact) mass is 328 g/mol. The summed E-state index contributed by atoms with van der Waals surface area (Å²) in [5.41, 5.74) is -0.980. The van der Waals surface area contributed by atoms with Gasteiger partial charge in [-0.2, -0.15) is 0 Å². The van der Waals surface area contributed by atoms with Crippen molar-refractivity contribution in [1.29, 1.82) is 0 Å². The maximum atomic E-state index is 12.9. The molecule has 0 atom stereocenters. The van der Waals surface area contributed by atoms with E-state index in [0.717, 1.165) is 0 Å². The van der Waals surface area contributed by atoms with Crippen LogP contribution in [-0.2, 0) is 9.47 Å². The SMILES string of the molecule is CCOC(=O)[Si](C(=O)OCC)(c1ccccc1)c1ccccc1. The van der Waals surface area contributed by atoms with Crippen molar-refractivity contribution in [3.63, 3.8) is 0 Å². The van der Waals surface area contributed by atoms with Gasteiger partial charge in [0.15, 0.2) is 0 Å². The van der Waals surface area contributed by atoms with E-state index in [4.69, 9.17) is 9.47 Å². The van der Waals surface area contributed by atoms with Crippen LogP contribution in [0.3, 0.4) is 0 Å². The number of carbonyl (C=O) groups excluding carboxylic acids is 2. The summed E-state index contributed by atoms with van der Waals surface area (Å²) in [4.78, 5) is 25.8. The van der Waals surface area contributed by atoms with Crippen molar-refractivity contribution in [2.45, 2.75) is 13.8 Å². The number of hydrogen-bond donors (Lipinski definition) is 0. The summed E-state index contributed by atoms with van der Waals surface area (Å²) < 4.78 is 10.6. The highest BCUT2D eigenvalue weighted by atomic mass is 28.3. The van der Waals surface area contributed by atoms with Crippen LogP contribution in [0.1, 0.15) is 13.8 Å². The lowest BCUT2D eigenvalue weighted by Crippen LogP contribution is -2.70. The van der Waals surface area contributed by atoms with E-state index in [1.54, 1.807) is 38.1 Å². The fourth-order valence-corrected chi connectivity index (χ4v) is 6.13. The van der Waals surface area contributed by atoms with Crippen LogP contribution in [-0.4, -0.2) is 32.5 Å². The topological polar surface area (TPSA) is 52.6 Å². The standard InChI is InChI=1S/C18H20O4Si/c1-3-21-17(19)23(18(20)22-4-2,15-11-7-5-8-12-15)16-13-9-6-10-14-16/h5-14H,3-4H2,1-2H3. The van der Waals surface area contributed by atoms with Gasteiger partial charge in [-0.1, -0.05) is 60.7 Å². The molecule has 0 unspecified atom stereocenters. The zero-order chi connectivity index (χ0) is 16.7. The minimum atomic E-state index is -3.52. The molecule has 0 heterocycles. The number of ether oxygens (including phenoxy) is 2. The Bertz CT molecular complexity index is 596. The zero-order valence-corrected chi connectivity index (χ0v) is 14.3. The zero-order valence-electron chi connectivity index (χ0n) is 13.3. The molecule has 0 saturated heterocycles. The van der Waals surface area contributed by atoms with Gasteiger partial charge in [-0.3, -0.25) is 9.59 Å². The van der Waals surface area contributed by atoms with Crippen molar-refractivity contribution in [3.05, 3.63) is 60.7 Å². The van der Waals surface area contributed by atoms with Crippen molar-refractivity contribution < 1.29 is 19.1 Å². The molecule has 0 N–H and O–H groups in total. The van der Waals surface area contributed by atoms with Gasteiger partial charge in [0.05, 0.1) is 13.2 Å². The lowest BCUT2D eigenvalue weighted by atomic mass is 10.4. The first-order valence-corrected chi connectivity index (χ1v) is 9.63. The lowest BCUT2D eigenvalue weighted by molar-refractivity contribution is 0.168. The largest absolute Gasteiger partial charge is 0.469 e. The first-order valence-electron chi connectivity index (χ1n) is 7.63. The molecule has 0 bridgehead atoms. The van der Waals surface area contributed by atoms with Gasteiger partial charge >= 0.3 is 8.07 Å². The third-order valence-corrected chi connectivity index (χ3v) is 7.49. The van der Waals surface area contributed by atoms with Gasteiger partial charge in [0.25, 0.3) is 11.2 Å². The third kappa shape index (κ3) is 3.19. The van der Waals surface area contributed by atoms with Crippen LogP contribution >= 0.6 is 0 Å². The molecule has 0 aromatic heterocycles. The fourth-order valence-electron chi connectivity index (χ4n) is 2.58. The maximum absolute atomic E-state index is 12.9. The van der Waals surface area contributed by atoms with Crippen LogP contribution in [0.15, 0.2) is 60.7 Å². The molecule has 2 aromatic rings. The van der Waals surface area contributed by atoms with Crippen LogP contribution in [0.5, 0.6) is 0 Å². The van der Waals surface area contributed by atoms with Crippen LogP contribution in [0.4, 0.5) is 9.59 Å². The first-order chi connectivity index (χ1) is 11.2. The maximum Gasteiger partial charge on any atom is 0.370 e. The third-order valence-electron chi connectivity index (χ3n) is 3.58. The Kier molecular flexibility index (Phi) is 5.70. The Morgan fingerprint density at radius 2 is 1.09 bits per heavy atom. The summed E-state index contributed by atoms with van der Waals surface area (Å²) in [7, 11) is -3.52. The number of benzene rings is 2. The van der Waals surface area contributed by atoms with Crippen molar-refractivity contribution in [2.24, 2.45) is 0 Å². The van der Waals surface area contributed by atoms with Gasteiger partial charge in [-0.25, -0.2) is 0 Å². The molecule has 2 aromatic carbocycles. The van der Waals surface area contributed by atoms with Gasteiger partial charge in [0, 0.05) is 0 Å². The first kappa shape index (κ1) is 17.0. The van der Waals surface area contributed by atoms with E-state index < -0.39 is 19.3 Å². The fraction of sp³-hybridized carbons (Fsp3) is 0.222. The molecule has 0 spiro atoms. The molecule has 0 aliphatic carbocycles. The predicted octanol–water partition coefficient (Wildman–Crippen LogP) is 2.73. The lowest BCUT2D eigenvalue weighted by Gasteiger charge is -2.27. The Morgan fingerprint density at radius 3 is 1.39 bits per heavy atom. The van der Waals surface area contributed by atoms with E-state index >= 15 is 0 Å². The molecular weight excluding hydrogens is 308 g/mol. The van der Waals surface area contributed by atoms with Crippen molar-refractivity contribution >= 4 is 29.6 Å². The van der Waals surface area contributed by atoms with Crippen molar-refractivity contribution in [1.82, 2.24) is 0 Å². The summed E-state index contributed by atoms with van der Waals surface area (Å²) in [5.74, 6) is 0. The molecule has 2 rings (SSSR count). The quantitative estimate of drug-likeness (QED) is 0.765. The average molecular weight is 328 g/mol. The summed E-state index contributed by atoms with van der Waals surface area (Å²) in [6.07, 6.45) is 0. The van der Waals surface area contributed by atoms with Gasteiger partial charge in [0.2, 0.25) is 0 Å². The van der Waals surface area contributed by atoms with E-state index in [1.165, 1.54) is 0 Å². The summed E-state index contributed by atoms with van der Waals surface area (Å²) in [6, 6.07) is 18.2. The normalized spacial score (nSPS) is 10.9. The molecule has 0 aliphatic heterocycles. The Balaban J connectivity index is 2.73. The van der Waals surface area contributed by atoms with Gasteiger partial charge in [0.1, 0.15) is 0 Å². The Hall–Kier alpha value is -2.40. The van der Waals surface area contributed by atoms with E-state index in [9.17, 15) is 9.59 Å². The van der Waals surface area contributed by atoms with Crippen molar-refractivity contribution in [2.75, 3.05) is 13.2 Å².